The van der Waals surface area contributed by atoms with E-state index in [1.165, 1.54) is 0 Å². The molecule has 1 heterocycles. The number of ether oxygens (including phenoxy) is 3. The van der Waals surface area contributed by atoms with Crippen LogP contribution < -0.4 is 14.8 Å². The first kappa shape index (κ1) is 18.4. The Kier molecular flexibility index (Phi) is 7.68. The highest BCUT2D eigenvalue weighted by molar-refractivity contribution is 5.79. The Morgan fingerprint density at radius 1 is 1.42 bits per heavy atom. The van der Waals surface area contributed by atoms with Crippen LogP contribution in [0.4, 0.5) is 0 Å². The van der Waals surface area contributed by atoms with Crippen LogP contribution in [-0.4, -0.2) is 64.5 Å². The van der Waals surface area contributed by atoms with Crippen LogP contribution >= 0.6 is 0 Å². The second-order valence-electron chi connectivity index (χ2n) is 5.87. The summed E-state index contributed by atoms with van der Waals surface area (Å²) in [4.78, 5) is 6.82. The Morgan fingerprint density at radius 3 is 2.96 bits per heavy atom. The van der Waals surface area contributed by atoms with Gasteiger partial charge in [0.2, 0.25) is 0 Å². The monoisotopic (exact) mass is 335 g/mol. The summed E-state index contributed by atoms with van der Waals surface area (Å²) in [6, 6.07) is 7.61. The van der Waals surface area contributed by atoms with Crippen molar-refractivity contribution in [1.82, 2.24) is 10.2 Å². The summed E-state index contributed by atoms with van der Waals surface area (Å²) in [5.41, 5.74) is 0. The van der Waals surface area contributed by atoms with E-state index in [4.69, 9.17) is 14.2 Å². The SMILES string of the molecule is CCNC(=NCCOc1cccc(OC)c1)N(C)CC1CCOC1. The van der Waals surface area contributed by atoms with Crippen LogP contribution in [0.3, 0.4) is 0 Å². The number of methoxy groups -OCH3 is 1. The minimum atomic E-state index is 0.530. The molecule has 24 heavy (non-hydrogen) atoms. The number of rotatable bonds is 8. The fourth-order valence-electron chi connectivity index (χ4n) is 2.68. The summed E-state index contributed by atoms with van der Waals surface area (Å²) in [6.07, 6.45) is 1.13. The lowest BCUT2D eigenvalue weighted by atomic mass is 10.1. The summed E-state index contributed by atoms with van der Waals surface area (Å²) in [5, 5.41) is 3.33. The molecule has 1 aliphatic heterocycles. The largest absolute Gasteiger partial charge is 0.497 e. The molecule has 0 aromatic heterocycles. The Labute approximate surface area is 144 Å². The zero-order valence-corrected chi connectivity index (χ0v) is 15.0. The molecule has 1 aliphatic rings. The van der Waals surface area contributed by atoms with Crippen molar-refractivity contribution in [2.45, 2.75) is 13.3 Å². The third kappa shape index (κ3) is 5.92. The molecule has 6 nitrogen and oxygen atoms in total. The fraction of sp³-hybridized carbons (Fsp3) is 0.611. The number of benzene rings is 1. The Morgan fingerprint density at radius 2 is 2.25 bits per heavy atom. The smallest absolute Gasteiger partial charge is 0.193 e. The van der Waals surface area contributed by atoms with E-state index >= 15 is 0 Å². The molecular formula is C18H29N3O3. The van der Waals surface area contributed by atoms with Gasteiger partial charge in [-0.05, 0) is 25.5 Å². The van der Waals surface area contributed by atoms with Crippen molar-refractivity contribution in [3.05, 3.63) is 24.3 Å². The molecule has 0 bridgehead atoms. The topological polar surface area (TPSA) is 55.3 Å². The lowest BCUT2D eigenvalue weighted by Crippen LogP contribution is -2.41. The molecule has 0 amide bonds. The maximum Gasteiger partial charge on any atom is 0.193 e. The molecular weight excluding hydrogens is 306 g/mol. The fourth-order valence-corrected chi connectivity index (χ4v) is 2.68. The molecule has 6 heteroatoms. The van der Waals surface area contributed by atoms with Crippen molar-refractivity contribution in [1.29, 1.82) is 0 Å². The predicted molar refractivity (Wildman–Crippen MR) is 96.0 cm³/mol. The first-order valence-corrected chi connectivity index (χ1v) is 8.57. The van der Waals surface area contributed by atoms with E-state index in [2.05, 4.69) is 29.2 Å². The van der Waals surface area contributed by atoms with Gasteiger partial charge in [-0.1, -0.05) is 6.07 Å². The van der Waals surface area contributed by atoms with Crippen molar-refractivity contribution in [2.75, 3.05) is 53.6 Å². The van der Waals surface area contributed by atoms with Crippen LogP contribution in [0.25, 0.3) is 0 Å². The third-order valence-electron chi connectivity index (χ3n) is 3.92. The maximum absolute atomic E-state index is 5.74. The number of guanidine groups is 1. The van der Waals surface area contributed by atoms with E-state index in [-0.39, 0.29) is 0 Å². The number of nitrogens with one attached hydrogen (secondary N) is 1. The van der Waals surface area contributed by atoms with Crippen LogP contribution in [0.5, 0.6) is 11.5 Å². The first-order valence-electron chi connectivity index (χ1n) is 8.57. The van der Waals surface area contributed by atoms with E-state index in [9.17, 15) is 0 Å². The van der Waals surface area contributed by atoms with Gasteiger partial charge in [0.05, 0.1) is 20.3 Å². The van der Waals surface area contributed by atoms with E-state index < -0.39 is 0 Å². The highest BCUT2D eigenvalue weighted by Gasteiger charge is 2.18. The van der Waals surface area contributed by atoms with Gasteiger partial charge in [0.1, 0.15) is 18.1 Å². The van der Waals surface area contributed by atoms with Gasteiger partial charge in [0.25, 0.3) is 0 Å². The average molecular weight is 335 g/mol. The molecule has 0 aliphatic carbocycles. The van der Waals surface area contributed by atoms with Crippen molar-refractivity contribution >= 4 is 5.96 Å². The van der Waals surface area contributed by atoms with Crippen molar-refractivity contribution < 1.29 is 14.2 Å². The van der Waals surface area contributed by atoms with Gasteiger partial charge in [0, 0.05) is 38.7 Å². The third-order valence-corrected chi connectivity index (χ3v) is 3.92. The lowest BCUT2D eigenvalue weighted by Gasteiger charge is -2.24. The summed E-state index contributed by atoms with van der Waals surface area (Å²) >= 11 is 0. The molecule has 0 saturated carbocycles. The summed E-state index contributed by atoms with van der Waals surface area (Å²) in [7, 11) is 3.72. The molecule has 1 saturated heterocycles. The van der Waals surface area contributed by atoms with Crippen molar-refractivity contribution in [3.8, 4) is 11.5 Å². The van der Waals surface area contributed by atoms with Gasteiger partial charge in [-0.2, -0.15) is 0 Å². The minimum Gasteiger partial charge on any atom is -0.497 e. The number of nitrogens with zero attached hydrogens (tertiary/aromatic N) is 2. The van der Waals surface area contributed by atoms with E-state index in [1.54, 1.807) is 7.11 Å². The van der Waals surface area contributed by atoms with Crippen LogP contribution in [-0.2, 0) is 4.74 Å². The Bertz CT molecular complexity index is 516. The van der Waals surface area contributed by atoms with Gasteiger partial charge in [0.15, 0.2) is 5.96 Å². The van der Waals surface area contributed by atoms with Crippen LogP contribution in [0, 0.1) is 5.92 Å². The lowest BCUT2D eigenvalue weighted by molar-refractivity contribution is 0.181. The predicted octanol–water partition coefficient (Wildman–Crippen LogP) is 2.01. The highest BCUT2D eigenvalue weighted by Crippen LogP contribution is 2.18. The average Bonchev–Trinajstić information content (AvgIpc) is 3.10. The molecule has 1 aromatic rings. The molecule has 1 aromatic carbocycles. The highest BCUT2D eigenvalue weighted by atomic mass is 16.5. The number of hydrogen-bond donors (Lipinski definition) is 1. The molecule has 0 spiro atoms. The maximum atomic E-state index is 5.74. The summed E-state index contributed by atoms with van der Waals surface area (Å²) < 4.78 is 16.4. The van der Waals surface area contributed by atoms with Crippen LogP contribution in [0.1, 0.15) is 13.3 Å². The molecule has 134 valence electrons. The molecule has 0 radical (unpaired) electrons. The second kappa shape index (κ2) is 10.0. The number of aliphatic imine (C=N–C) groups is 1. The normalized spacial score (nSPS) is 17.6. The Balaban J connectivity index is 1.81. The van der Waals surface area contributed by atoms with Crippen molar-refractivity contribution in [3.63, 3.8) is 0 Å². The zero-order chi connectivity index (χ0) is 17.2. The molecule has 1 N–H and O–H groups in total. The van der Waals surface area contributed by atoms with Gasteiger partial charge < -0.3 is 24.4 Å². The van der Waals surface area contributed by atoms with E-state index in [0.29, 0.717) is 19.1 Å². The second-order valence-corrected chi connectivity index (χ2v) is 5.87. The van der Waals surface area contributed by atoms with Gasteiger partial charge >= 0.3 is 0 Å². The summed E-state index contributed by atoms with van der Waals surface area (Å²) in [5.74, 6) is 3.10. The van der Waals surface area contributed by atoms with Gasteiger partial charge in [-0.25, -0.2) is 4.99 Å². The van der Waals surface area contributed by atoms with Gasteiger partial charge in [-0.15, -0.1) is 0 Å². The number of hydrogen-bond acceptors (Lipinski definition) is 4. The molecule has 1 unspecified atom stereocenters. The zero-order valence-electron chi connectivity index (χ0n) is 15.0. The standard InChI is InChI=1S/C18H29N3O3/c1-4-19-18(21(2)13-15-8-10-23-14-15)20-9-11-24-17-7-5-6-16(12-17)22-3/h5-7,12,15H,4,8-11,13-14H2,1-3H3,(H,19,20). The van der Waals surface area contributed by atoms with Crippen LogP contribution in [0.15, 0.2) is 29.3 Å². The van der Waals surface area contributed by atoms with E-state index in [1.807, 2.05) is 24.3 Å². The minimum absolute atomic E-state index is 0.530. The first-order chi connectivity index (χ1) is 11.7. The quantitative estimate of drug-likeness (QED) is 0.447. The molecule has 1 atom stereocenters. The van der Waals surface area contributed by atoms with Crippen LogP contribution in [0.2, 0.25) is 0 Å². The molecule has 2 rings (SSSR count). The van der Waals surface area contributed by atoms with Gasteiger partial charge in [-0.3, -0.25) is 0 Å². The van der Waals surface area contributed by atoms with E-state index in [0.717, 1.165) is 50.2 Å². The Hall–Kier alpha value is -1.95. The molecule has 1 fully saturated rings. The van der Waals surface area contributed by atoms with Crippen molar-refractivity contribution in [2.24, 2.45) is 10.9 Å². The summed E-state index contributed by atoms with van der Waals surface area (Å²) in [6.45, 7) is 6.75.